The highest BCUT2D eigenvalue weighted by molar-refractivity contribution is 5.39. The van der Waals surface area contributed by atoms with Gasteiger partial charge in [0, 0.05) is 25.5 Å². The number of nitrogens with one attached hydrogen (secondary N) is 1. The van der Waals surface area contributed by atoms with Gasteiger partial charge in [0.2, 0.25) is 17.8 Å². The minimum atomic E-state index is 0.334. The normalized spacial score (nSPS) is 10.8. The molecule has 2 aromatic rings. The molecule has 0 aliphatic rings. The quantitative estimate of drug-likeness (QED) is 0.595. The Hall–Kier alpha value is -2.22. The van der Waals surface area contributed by atoms with Gasteiger partial charge in [0.05, 0.1) is 0 Å². The molecule has 0 spiro atoms. The monoisotopic (exact) mass is 276 g/mol. The van der Waals surface area contributed by atoms with Crippen molar-refractivity contribution < 1.29 is 0 Å². The summed E-state index contributed by atoms with van der Waals surface area (Å²) in [7, 11) is 0. The van der Waals surface area contributed by atoms with E-state index in [0.717, 1.165) is 13.1 Å². The number of nitrogens with two attached hydrogens (primary N) is 1. The van der Waals surface area contributed by atoms with Crippen LogP contribution in [0.2, 0.25) is 0 Å². The number of nitrogens with zero attached hydrogens (tertiary/aromatic N) is 6. The van der Waals surface area contributed by atoms with Crippen LogP contribution in [0.5, 0.6) is 0 Å². The lowest BCUT2D eigenvalue weighted by Gasteiger charge is -2.23. The van der Waals surface area contributed by atoms with Gasteiger partial charge >= 0.3 is 0 Å². The standard InChI is InChI=1S/C12H20N8/c1-4-19(7-9(2)3)11-15-10(18-13)16-12(17-11)20-6-5-14-8-20/h5-6,8-9H,4,7,13H2,1-3H3,(H,15,16,17,18). The largest absolute Gasteiger partial charge is 0.341 e. The fraction of sp³-hybridized carbons (Fsp3) is 0.500. The fourth-order valence-corrected chi connectivity index (χ4v) is 1.85. The van der Waals surface area contributed by atoms with Gasteiger partial charge in [-0.15, -0.1) is 0 Å². The summed E-state index contributed by atoms with van der Waals surface area (Å²) in [6.07, 6.45) is 5.08. The fourth-order valence-electron chi connectivity index (χ4n) is 1.85. The maximum atomic E-state index is 5.44. The van der Waals surface area contributed by atoms with Gasteiger partial charge in [0.1, 0.15) is 6.33 Å². The van der Waals surface area contributed by atoms with E-state index in [4.69, 9.17) is 5.84 Å². The third kappa shape index (κ3) is 3.21. The number of imidazole rings is 1. The average Bonchev–Trinajstić information content (AvgIpc) is 2.98. The van der Waals surface area contributed by atoms with Crippen molar-refractivity contribution in [1.82, 2.24) is 24.5 Å². The molecule has 0 aromatic carbocycles. The van der Waals surface area contributed by atoms with Gasteiger partial charge in [-0.1, -0.05) is 13.8 Å². The van der Waals surface area contributed by atoms with E-state index in [-0.39, 0.29) is 0 Å². The van der Waals surface area contributed by atoms with Crippen LogP contribution >= 0.6 is 0 Å². The number of hydrogen-bond acceptors (Lipinski definition) is 7. The number of hydrazine groups is 1. The molecule has 0 saturated heterocycles. The number of aromatic nitrogens is 5. The number of hydrogen-bond donors (Lipinski definition) is 2. The Labute approximate surface area is 118 Å². The molecule has 20 heavy (non-hydrogen) atoms. The number of rotatable bonds is 6. The predicted octanol–water partition coefficient (Wildman–Crippen LogP) is 0.825. The predicted molar refractivity (Wildman–Crippen MR) is 77.5 cm³/mol. The van der Waals surface area contributed by atoms with Crippen LogP contribution in [0.1, 0.15) is 20.8 Å². The lowest BCUT2D eigenvalue weighted by molar-refractivity contribution is 0.607. The summed E-state index contributed by atoms with van der Waals surface area (Å²) in [5, 5.41) is 0. The van der Waals surface area contributed by atoms with E-state index in [0.29, 0.717) is 23.8 Å². The van der Waals surface area contributed by atoms with E-state index in [9.17, 15) is 0 Å². The highest BCUT2D eigenvalue weighted by Crippen LogP contribution is 2.14. The van der Waals surface area contributed by atoms with Gasteiger partial charge in [0.25, 0.3) is 0 Å². The van der Waals surface area contributed by atoms with Gasteiger partial charge in [-0.05, 0) is 12.8 Å². The summed E-state index contributed by atoms with van der Waals surface area (Å²) in [6, 6.07) is 0. The SMILES string of the molecule is CCN(CC(C)C)c1nc(NN)nc(-n2ccnc2)n1. The van der Waals surface area contributed by atoms with Crippen LogP contribution in [0.25, 0.3) is 5.95 Å². The van der Waals surface area contributed by atoms with E-state index in [2.05, 4.69) is 51.0 Å². The molecule has 8 heteroatoms. The molecule has 0 saturated carbocycles. The van der Waals surface area contributed by atoms with Crippen molar-refractivity contribution in [3.63, 3.8) is 0 Å². The molecule has 108 valence electrons. The third-order valence-electron chi connectivity index (χ3n) is 2.73. The van der Waals surface area contributed by atoms with E-state index >= 15 is 0 Å². The third-order valence-corrected chi connectivity index (χ3v) is 2.73. The molecule has 0 amide bonds. The first-order valence-corrected chi connectivity index (χ1v) is 6.60. The minimum absolute atomic E-state index is 0.334. The van der Waals surface area contributed by atoms with Gasteiger partial charge < -0.3 is 4.90 Å². The van der Waals surface area contributed by atoms with Gasteiger partial charge in [0.15, 0.2) is 0 Å². The molecule has 0 aliphatic heterocycles. The van der Waals surface area contributed by atoms with Crippen molar-refractivity contribution in [3.05, 3.63) is 18.7 Å². The maximum Gasteiger partial charge on any atom is 0.243 e. The molecule has 2 aromatic heterocycles. The second-order valence-corrected chi connectivity index (χ2v) is 4.81. The highest BCUT2D eigenvalue weighted by Gasteiger charge is 2.14. The lowest BCUT2D eigenvalue weighted by Crippen LogP contribution is -2.30. The van der Waals surface area contributed by atoms with Crippen molar-refractivity contribution in [3.8, 4) is 5.95 Å². The highest BCUT2D eigenvalue weighted by atomic mass is 15.4. The second kappa shape index (κ2) is 6.29. The van der Waals surface area contributed by atoms with Crippen LogP contribution in [0.3, 0.4) is 0 Å². The molecule has 8 nitrogen and oxygen atoms in total. The summed E-state index contributed by atoms with van der Waals surface area (Å²) in [5.41, 5.74) is 2.48. The summed E-state index contributed by atoms with van der Waals surface area (Å²) >= 11 is 0. The molecule has 3 N–H and O–H groups in total. The van der Waals surface area contributed by atoms with Crippen LogP contribution < -0.4 is 16.2 Å². The maximum absolute atomic E-state index is 5.44. The molecule has 0 fully saturated rings. The first kappa shape index (κ1) is 14.2. The molecule has 0 bridgehead atoms. The zero-order chi connectivity index (χ0) is 14.5. The zero-order valence-corrected chi connectivity index (χ0v) is 12.0. The van der Waals surface area contributed by atoms with Crippen molar-refractivity contribution in [2.75, 3.05) is 23.4 Å². The van der Waals surface area contributed by atoms with Gasteiger partial charge in [-0.25, -0.2) is 10.8 Å². The summed E-state index contributed by atoms with van der Waals surface area (Å²) in [4.78, 5) is 19.1. The zero-order valence-electron chi connectivity index (χ0n) is 12.0. The van der Waals surface area contributed by atoms with Gasteiger partial charge in [-0.3, -0.25) is 9.99 Å². The molecular formula is C12H20N8. The smallest absolute Gasteiger partial charge is 0.243 e. The molecule has 0 atom stereocenters. The van der Waals surface area contributed by atoms with Crippen LogP contribution in [-0.2, 0) is 0 Å². The average molecular weight is 276 g/mol. The van der Waals surface area contributed by atoms with E-state index in [1.807, 2.05) is 0 Å². The van der Waals surface area contributed by atoms with Crippen LogP contribution in [0, 0.1) is 5.92 Å². The van der Waals surface area contributed by atoms with Crippen LogP contribution in [0.15, 0.2) is 18.7 Å². The summed E-state index contributed by atoms with van der Waals surface area (Å²) < 4.78 is 1.72. The van der Waals surface area contributed by atoms with Crippen molar-refractivity contribution in [2.24, 2.45) is 11.8 Å². The Kier molecular flexibility index (Phi) is 4.46. The molecule has 0 radical (unpaired) electrons. The topological polar surface area (TPSA) is 97.8 Å². The number of anilines is 2. The molecule has 0 aliphatic carbocycles. The Morgan fingerprint density at radius 1 is 1.35 bits per heavy atom. The van der Waals surface area contributed by atoms with E-state index in [1.165, 1.54) is 0 Å². The lowest BCUT2D eigenvalue weighted by atomic mass is 10.2. The van der Waals surface area contributed by atoms with E-state index in [1.54, 1.807) is 23.3 Å². The first-order chi connectivity index (χ1) is 9.63. The molecule has 2 rings (SSSR count). The Bertz CT molecular complexity index is 536. The van der Waals surface area contributed by atoms with E-state index < -0.39 is 0 Å². The summed E-state index contributed by atoms with van der Waals surface area (Å²) in [5.74, 6) is 7.38. The van der Waals surface area contributed by atoms with Crippen LogP contribution in [0.4, 0.5) is 11.9 Å². The first-order valence-electron chi connectivity index (χ1n) is 6.60. The van der Waals surface area contributed by atoms with Crippen molar-refractivity contribution >= 4 is 11.9 Å². The molecule has 0 unspecified atom stereocenters. The Balaban J connectivity index is 2.39. The molecule has 2 heterocycles. The number of nitrogen functional groups attached to an aromatic ring is 1. The van der Waals surface area contributed by atoms with Gasteiger partial charge in [-0.2, -0.15) is 15.0 Å². The minimum Gasteiger partial charge on any atom is -0.341 e. The Morgan fingerprint density at radius 3 is 2.70 bits per heavy atom. The summed E-state index contributed by atoms with van der Waals surface area (Å²) in [6.45, 7) is 8.06. The van der Waals surface area contributed by atoms with Crippen LogP contribution in [-0.4, -0.2) is 37.6 Å². The van der Waals surface area contributed by atoms with Crippen molar-refractivity contribution in [2.45, 2.75) is 20.8 Å². The molecular weight excluding hydrogens is 256 g/mol. The Morgan fingerprint density at radius 2 is 2.15 bits per heavy atom. The van der Waals surface area contributed by atoms with Crippen molar-refractivity contribution in [1.29, 1.82) is 0 Å². The second-order valence-electron chi connectivity index (χ2n) is 4.81.